The molecule has 26 heavy (non-hydrogen) atoms. The number of rotatable bonds is 7. The molecule has 0 atom stereocenters. The van der Waals surface area contributed by atoms with Crippen LogP contribution in [0, 0.1) is 0 Å². The van der Waals surface area contributed by atoms with Crippen LogP contribution in [0.1, 0.15) is 16.1 Å². The molecule has 0 aliphatic rings. The van der Waals surface area contributed by atoms with Crippen LogP contribution in [0.25, 0.3) is 6.08 Å². The highest BCUT2D eigenvalue weighted by atomic mass is 35.5. The van der Waals surface area contributed by atoms with Gasteiger partial charge < -0.3 is 24.1 Å². The molecule has 2 rings (SSSR count). The van der Waals surface area contributed by atoms with E-state index in [0.29, 0.717) is 28.5 Å². The topological polar surface area (TPSA) is 87.1 Å². The summed E-state index contributed by atoms with van der Waals surface area (Å²) < 4.78 is 20.6. The molecule has 0 saturated heterocycles. The Morgan fingerprint density at radius 1 is 0.962 bits per heavy atom. The Morgan fingerprint density at radius 3 is 2.00 bits per heavy atom. The zero-order chi connectivity index (χ0) is 18.4. The molecule has 2 aromatic rings. The van der Waals surface area contributed by atoms with Crippen molar-refractivity contribution in [3.05, 3.63) is 41.7 Å². The second kappa shape index (κ2) is 9.53. The number of hydrogen-bond donors (Lipinski definition) is 1. The second-order valence-electron chi connectivity index (χ2n) is 4.89. The second-order valence-corrected chi connectivity index (χ2v) is 4.89. The van der Waals surface area contributed by atoms with Crippen molar-refractivity contribution in [2.75, 3.05) is 28.4 Å². The number of pyridine rings is 1. The van der Waals surface area contributed by atoms with E-state index in [1.54, 1.807) is 12.1 Å². The summed E-state index contributed by atoms with van der Waals surface area (Å²) in [5, 5.41) is 9.74. The molecular weight excluding hydrogens is 362 g/mol. The maximum absolute atomic E-state index is 12.4. The van der Waals surface area contributed by atoms with Crippen molar-refractivity contribution in [1.82, 2.24) is 4.98 Å². The molecule has 0 aliphatic heterocycles. The number of aromatic nitrogens is 1. The third kappa shape index (κ3) is 4.58. The largest absolute Gasteiger partial charge is 0.504 e. The molecule has 0 unspecified atom stereocenters. The molecule has 0 aliphatic carbocycles. The summed E-state index contributed by atoms with van der Waals surface area (Å²) >= 11 is 0. The minimum atomic E-state index is -0.281. The van der Waals surface area contributed by atoms with Crippen molar-refractivity contribution in [2.45, 2.75) is 0 Å². The smallest absolute Gasteiger partial charge is 0.203 e. The Labute approximate surface area is 157 Å². The van der Waals surface area contributed by atoms with Crippen molar-refractivity contribution >= 4 is 24.3 Å². The number of aromatic hydroxyl groups is 1. The molecule has 0 fully saturated rings. The van der Waals surface area contributed by atoms with Gasteiger partial charge >= 0.3 is 0 Å². The van der Waals surface area contributed by atoms with Crippen molar-refractivity contribution in [2.24, 2.45) is 0 Å². The lowest BCUT2D eigenvalue weighted by Crippen LogP contribution is -2.00. The predicted molar refractivity (Wildman–Crippen MR) is 99.2 cm³/mol. The number of benzene rings is 1. The molecule has 0 saturated carbocycles. The highest BCUT2D eigenvalue weighted by Crippen LogP contribution is 2.38. The summed E-state index contributed by atoms with van der Waals surface area (Å²) in [7, 11) is 5.88. The van der Waals surface area contributed by atoms with Crippen molar-refractivity contribution in [1.29, 1.82) is 0 Å². The van der Waals surface area contributed by atoms with Gasteiger partial charge in [0.2, 0.25) is 5.75 Å². The van der Waals surface area contributed by atoms with Gasteiger partial charge in [0.25, 0.3) is 0 Å². The molecule has 140 valence electrons. The lowest BCUT2D eigenvalue weighted by atomic mass is 10.1. The fourth-order valence-corrected chi connectivity index (χ4v) is 2.18. The average Bonchev–Trinajstić information content (AvgIpc) is 2.64. The van der Waals surface area contributed by atoms with Gasteiger partial charge in [0, 0.05) is 11.6 Å². The molecule has 8 heteroatoms. The predicted octanol–water partition coefficient (Wildman–Crippen LogP) is 3.14. The summed E-state index contributed by atoms with van der Waals surface area (Å²) in [6, 6.07) is 4.53. The van der Waals surface area contributed by atoms with E-state index in [0.717, 1.165) is 0 Å². The van der Waals surface area contributed by atoms with Crippen LogP contribution in [0.5, 0.6) is 28.7 Å². The number of allylic oxidation sites excluding steroid dienone is 1. The SMILES string of the molecule is COc1cnc(C=CC(=O)c2cc(OC)c(OC)c(OC)c2)cc1O.Cl. The maximum Gasteiger partial charge on any atom is 0.203 e. The van der Waals surface area contributed by atoms with Gasteiger partial charge in [-0.1, -0.05) is 0 Å². The summed E-state index contributed by atoms with van der Waals surface area (Å²) in [4.78, 5) is 16.5. The number of methoxy groups -OCH3 is 4. The Balaban J connectivity index is 0.00000338. The first kappa shape index (κ1) is 21.1. The first-order valence-corrected chi connectivity index (χ1v) is 7.29. The van der Waals surface area contributed by atoms with E-state index >= 15 is 0 Å². The van der Waals surface area contributed by atoms with E-state index in [1.165, 1.54) is 52.9 Å². The van der Waals surface area contributed by atoms with E-state index < -0.39 is 0 Å². The maximum atomic E-state index is 12.4. The minimum Gasteiger partial charge on any atom is -0.504 e. The Kier molecular flexibility index (Phi) is 7.74. The minimum absolute atomic E-state index is 0. The number of nitrogens with zero attached hydrogens (tertiary/aromatic N) is 1. The summed E-state index contributed by atoms with van der Waals surface area (Å²) in [5.74, 6) is 1.10. The third-order valence-corrected chi connectivity index (χ3v) is 3.44. The number of halogens is 1. The van der Waals surface area contributed by atoms with Crippen LogP contribution in [0.3, 0.4) is 0 Å². The van der Waals surface area contributed by atoms with Gasteiger partial charge in [-0.25, -0.2) is 0 Å². The summed E-state index contributed by atoms with van der Waals surface area (Å²) in [5.41, 5.74) is 0.780. The van der Waals surface area contributed by atoms with Gasteiger partial charge in [-0.2, -0.15) is 0 Å². The van der Waals surface area contributed by atoms with Crippen molar-refractivity contribution in [3.8, 4) is 28.7 Å². The quantitative estimate of drug-likeness (QED) is 0.582. The van der Waals surface area contributed by atoms with Gasteiger partial charge in [-0.15, -0.1) is 12.4 Å². The van der Waals surface area contributed by atoms with Crippen LogP contribution in [0.2, 0.25) is 0 Å². The molecule has 1 aromatic heterocycles. The van der Waals surface area contributed by atoms with E-state index in [9.17, 15) is 9.90 Å². The standard InChI is InChI=1S/C18H19NO6.ClH/c1-22-15-7-11(8-16(23-2)18(15)25-4)13(20)6-5-12-9-14(21)17(24-3)10-19-12;/h5-10H,1-4H3,(H,19,21);1H. The molecule has 0 spiro atoms. The molecule has 0 bridgehead atoms. The number of ether oxygens (including phenoxy) is 4. The van der Waals surface area contributed by atoms with Gasteiger partial charge in [0.15, 0.2) is 28.8 Å². The van der Waals surface area contributed by atoms with E-state index in [4.69, 9.17) is 18.9 Å². The average molecular weight is 382 g/mol. The monoisotopic (exact) mass is 381 g/mol. The molecule has 7 nitrogen and oxygen atoms in total. The van der Waals surface area contributed by atoms with Crippen LogP contribution in [0.15, 0.2) is 30.5 Å². The molecule has 1 heterocycles. The number of carbonyl (C=O) groups is 1. The fourth-order valence-electron chi connectivity index (χ4n) is 2.18. The Bertz CT molecular complexity index is 781. The molecule has 0 amide bonds. The van der Waals surface area contributed by atoms with Gasteiger partial charge in [0.1, 0.15) is 0 Å². The Hall–Kier alpha value is -2.93. The third-order valence-electron chi connectivity index (χ3n) is 3.44. The fraction of sp³-hybridized carbons (Fsp3) is 0.222. The molecular formula is C18H20ClNO6. The lowest BCUT2D eigenvalue weighted by Gasteiger charge is -2.13. The number of carbonyl (C=O) groups excluding carboxylic acids is 1. The van der Waals surface area contributed by atoms with Crippen LogP contribution in [-0.4, -0.2) is 44.3 Å². The molecule has 1 N–H and O–H groups in total. The van der Waals surface area contributed by atoms with Crippen LogP contribution < -0.4 is 18.9 Å². The van der Waals surface area contributed by atoms with Gasteiger partial charge in [0.05, 0.1) is 40.3 Å². The van der Waals surface area contributed by atoms with Gasteiger partial charge in [-0.05, 0) is 24.3 Å². The Morgan fingerprint density at radius 2 is 1.54 bits per heavy atom. The first-order chi connectivity index (χ1) is 12.0. The summed E-state index contributed by atoms with van der Waals surface area (Å²) in [6.45, 7) is 0. The van der Waals surface area contributed by atoms with E-state index in [1.807, 2.05) is 0 Å². The molecule has 0 radical (unpaired) electrons. The van der Waals surface area contributed by atoms with Gasteiger partial charge in [-0.3, -0.25) is 9.78 Å². The van der Waals surface area contributed by atoms with Crippen molar-refractivity contribution in [3.63, 3.8) is 0 Å². The summed E-state index contributed by atoms with van der Waals surface area (Å²) in [6.07, 6.45) is 4.21. The van der Waals surface area contributed by atoms with Crippen molar-refractivity contribution < 1.29 is 28.8 Å². The number of hydrogen-bond acceptors (Lipinski definition) is 7. The van der Waals surface area contributed by atoms with E-state index in [2.05, 4.69) is 4.98 Å². The van der Waals surface area contributed by atoms with Crippen LogP contribution >= 0.6 is 12.4 Å². The first-order valence-electron chi connectivity index (χ1n) is 7.29. The highest BCUT2D eigenvalue weighted by molar-refractivity contribution is 6.07. The molecule has 1 aromatic carbocycles. The zero-order valence-corrected chi connectivity index (χ0v) is 15.6. The van der Waals surface area contributed by atoms with Crippen LogP contribution in [-0.2, 0) is 0 Å². The normalized spacial score (nSPS) is 10.2. The highest BCUT2D eigenvalue weighted by Gasteiger charge is 2.15. The van der Waals surface area contributed by atoms with Crippen LogP contribution in [0.4, 0.5) is 0 Å². The number of ketones is 1. The van der Waals surface area contributed by atoms with E-state index in [-0.39, 0.29) is 29.7 Å². The zero-order valence-electron chi connectivity index (χ0n) is 14.8. The lowest BCUT2D eigenvalue weighted by molar-refractivity contribution is 0.104.